The zero-order valence-electron chi connectivity index (χ0n) is 14.2. The molecule has 0 aliphatic carbocycles. The van der Waals surface area contributed by atoms with Crippen molar-refractivity contribution in [2.45, 2.75) is 64.1 Å². The van der Waals surface area contributed by atoms with Crippen molar-refractivity contribution in [1.29, 1.82) is 0 Å². The topological polar surface area (TPSA) is 41.7 Å². The van der Waals surface area contributed by atoms with Crippen LogP contribution >= 0.6 is 0 Å². The van der Waals surface area contributed by atoms with E-state index in [9.17, 15) is 0 Å². The van der Waals surface area contributed by atoms with Crippen LogP contribution in [0.4, 0.5) is 0 Å². The van der Waals surface area contributed by atoms with Gasteiger partial charge in [-0.15, -0.1) is 0 Å². The van der Waals surface area contributed by atoms with Gasteiger partial charge in [0.15, 0.2) is 0 Å². The minimum absolute atomic E-state index is 0.154. The summed E-state index contributed by atoms with van der Waals surface area (Å²) in [5, 5.41) is 0. The Morgan fingerprint density at radius 3 is 2.50 bits per heavy atom. The van der Waals surface area contributed by atoms with Gasteiger partial charge in [0, 0.05) is 37.8 Å². The quantitative estimate of drug-likeness (QED) is 0.740. The van der Waals surface area contributed by atoms with E-state index in [1.807, 2.05) is 0 Å². The summed E-state index contributed by atoms with van der Waals surface area (Å²) in [4.78, 5) is 5.12. The van der Waals surface area contributed by atoms with Gasteiger partial charge in [0.05, 0.1) is 6.61 Å². The zero-order chi connectivity index (χ0) is 15.2. The molecule has 1 saturated heterocycles. The van der Waals surface area contributed by atoms with Crippen LogP contribution in [0.3, 0.4) is 0 Å². The predicted octanol–water partition coefficient (Wildman–Crippen LogP) is 1.94. The molecule has 4 heteroatoms. The van der Waals surface area contributed by atoms with Gasteiger partial charge in [-0.3, -0.25) is 4.90 Å². The first-order valence-corrected chi connectivity index (χ1v) is 8.20. The molecule has 2 atom stereocenters. The largest absolute Gasteiger partial charge is 0.383 e. The smallest absolute Gasteiger partial charge is 0.0590 e. The van der Waals surface area contributed by atoms with E-state index >= 15 is 0 Å². The van der Waals surface area contributed by atoms with Crippen LogP contribution in [0.1, 0.15) is 46.5 Å². The third kappa shape index (κ3) is 3.94. The molecule has 0 bridgehead atoms. The average molecular weight is 285 g/mol. The van der Waals surface area contributed by atoms with Crippen LogP contribution in [-0.4, -0.2) is 67.8 Å². The van der Waals surface area contributed by atoms with E-state index < -0.39 is 0 Å². The molecule has 0 aromatic rings. The normalized spacial score (nSPS) is 28.5. The average Bonchev–Trinajstić information content (AvgIpc) is 2.47. The number of rotatable bonds is 8. The van der Waals surface area contributed by atoms with E-state index in [-0.39, 0.29) is 5.54 Å². The maximum Gasteiger partial charge on any atom is 0.0590 e. The Morgan fingerprint density at radius 2 is 2.05 bits per heavy atom. The molecular weight excluding hydrogens is 250 g/mol. The Balaban J connectivity index is 2.93. The molecule has 0 aromatic carbocycles. The number of hydrogen-bond acceptors (Lipinski definition) is 4. The first kappa shape index (κ1) is 17.9. The highest BCUT2D eigenvalue weighted by Gasteiger charge is 2.42. The fourth-order valence-corrected chi connectivity index (χ4v) is 3.70. The number of nitrogens with two attached hydrogens (primary N) is 1. The molecule has 2 unspecified atom stereocenters. The van der Waals surface area contributed by atoms with Crippen molar-refractivity contribution < 1.29 is 4.74 Å². The lowest BCUT2D eigenvalue weighted by molar-refractivity contribution is -0.0307. The molecule has 0 spiro atoms. The molecule has 0 radical (unpaired) electrons. The zero-order valence-corrected chi connectivity index (χ0v) is 14.2. The first-order valence-electron chi connectivity index (χ1n) is 8.20. The lowest BCUT2D eigenvalue weighted by Crippen LogP contribution is -2.64. The van der Waals surface area contributed by atoms with Crippen molar-refractivity contribution >= 4 is 0 Å². The molecule has 1 heterocycles. The van der Waals surface area contributed by atoms with Crippen LogP contribution in [0.15, 0.2) is 0 Å². The van der Waals surface area contributed by atoms with E-state index in [1.54, 1.807) is 7.11 Å². The monoisotopic (exact) mass is 285 g/mol. The highest BCUT2D eigenvalue weighted by atomic mass is 16.5. The van der Waals surface area contributed by atoms with Gasteiger partial charge in [-0.1, -0.05) is 13.8 Å². The highest BCUT2D eigenvalue weighted by Crippen LogP contribution is 2.33. The van der Waals surface area contributed by atoms with Gasteiger partial charge >= 0.3 is 0 Å². The Kier molecular flexibility index (Phi) is 7.45. The van der Waals surface area contributed by atoms with E-state index in [4.69, 9.17) is 10.5 Å². The molecule has 0 amide bonds. The first-order chi connectivity index (χ1) is 9.54. The summed E-state index contributed by atoms with van der Waals surface area (Å²) in [6, 6.07) is 1.22. The summed E-state index contributed by atoms with van der Waals surface area (Å²) in [5.41, 5.74) is 6.42. The van der Waals surface area contributed by atoms with E-state index in [1.165, 1.54) is 25.7 Å². The molecule has 20 heavy (non-hydrogen) atoms. The second-order valence-corrected chi connectivity index (χ2v) is 6.37. The number of nitrogens with zero attached hydrogens (tertiary/aromatic N) is 2. The minimum atomic E-state index is 0.154. The van der Waals surface area contributed by atoms with Gasteiger partial charge in [0.1, 0.15) is 0 Å². The van der Waals surface area contributed by atoms with Crippen LogP contribution in [-0.2, 0) is 4.74 Å². The van der Waals surface area contributed by atoms with Crippen molar-refractivity contribution in [2.75, 3.05) is 40.4 Å². The van der Waals surface area contributed by atoms with Crippen LogP contribution < -0.4 is 5.73 Å². The molecule has 120 valence electrons. The summed E-state index contributed by atoms with van der Waals surface area (Å²) in [6.45, 7) is 10.6. The van der Waals surface area contributed by atoms with Crippen LogP contribution in [0.5, 0.6) is 0 Å². The maximum absolute atomic E-state index is 6.26. The van der Waals surface area contributed by atoms with Crippen molar-refractivity contribution in [3.05, 3.63) is 0 Å². The molecule has 1 aliphatic heterocycles. The number of hydrogen-bond donors (Lipinski definition) is 1. The Bertz CT molecular complexity index is 270. The molecule has 0 aromatic heterocycles. The minimum Gasteiger partial charge on any atom is -0.383 e. The third-order valence-electron chi connectivity index (χ3n) is 5.27. The lowest BCUT2D eigenvalue weighted by Gasteiger charge is -2.53. The fraction of sp³-hybridized carbons (Fsp3) is 1.00. The summed E-state index contributed by atoms with van der Waals surface area (Å²) < 4.78 is 5.35. The van der Waals surface area contributed by atoms with E-state index in [0.29, 0.717) is 12.1 Å². The van der Waals surface area contributed by atoms with Crippen LogP contribution in [0.25, 0.3) is 0 Å². The van der Waals surface area contributed by atoms with E-state index in [0.717, 1.165) is 26.2 Å². The van der Waals surface area contributed by atoms with Gasteiger partial charge in [-0.25, -0.2) is 0 Å². The van der Waals surface area contributed by atoms with Crippen molar-refractivity contribution in [3.63, 3.8) is 0 Å². The Morgan fingerprint density at radius 1 is 1.40 bits per heavy atom. The second-order valence-electron chi connectivity index (χ2n) is 6.37. The summed E-state index contributed by atoms with van der Waals surface area (Å²) in [6.07, 6.45) is 4.71. The maximum atomic E-state index is 6.26. The van der Waals surface area contributed by atoms with Gasteiger partial charge in [0.25, 0.3) is 0 Å². The van der Waals surface area contributed by atoms with Gasteiger partial charge in [-0.05, 0) is 46.2 Å². The molecule has 4 nitrogen and oxygen atoms in total. The summed E-state index contributed by atoms with van der Waals surface area (Å²) in [7, 11) is 4.01. The predicted molar refractivity (Wildman–Crippen MR) is 86.1 cm³/mol. The molecular formula is C16H35N3O. The highest BCUT2D eigenvalue weighted by molar-refractivity contribution is 5.00. The summed E-state index contributed by atoms with van der Waals surface area (Å²) >= 11 is 0. The van der Waals surface area contributed by atoms with Crippen LogP contribution in [0.2, 0.25) is 0 Å². The summed E-state index contributed by atoms with van der Waals surface area (Å²) in [5.74, 6) is 0. The van der Waals surface area contributed by atoms with Crippen molar-refractivity contribution in [3.8, 4) is 0 Å². The fourth-order valence-electron chi connectivity index (χ4n) is 3.70. The number of likely N-dealkylation sites (tertiary alicyclic amines) is 1. The van der Waals surface area contributed by atoms with Crippen molar-refractivity contribution in [2.24, 2.45) is 5.73 Å². The van der Waals surface area contributed by atoms with Gasteiger partial charge in [0.2, 0.25) is 0 Å². The van der Waals surface area contributed by atoms with E-state index in [2.05, 4.69) is 37.6 Å². The number of methoxy groups -OCH3 is 1. The molecule has 1 rings (SSSR count). The second kappa shape index (κ2) is 8.32. The molecule has 2 N–H and O–H groups in total. The Labute approximate surface area is 125 Å². The Hall–Kier alpha value is -0.160. The van der Waals surface area contributed by atoms with Gasteiger partial charge in [-0.2, -0.15) is 0 Å². The number of piperidine rings is 1. The van der Waals surface area contributed by atoms with Gasteiger partial charge < -0.3 is 15.4 Å². The lowest BCUT2D eigenvalue weighted by atomic mass is 9.80. The number of ether oxygens (including phenoxy) is 1. The van der Waals surface area contributed by atoms with Crippen LogP contribution in [0, 0.1) is 0 Å². The third-order valence-corrected chi connectivity index (χ3v) is 5.27. The van der Waals surface area contributed by atoms with Crippen molar-refractivity contribution in [1.82, 2.24) is 9.80 Å². The molecule has 1 aliphatic rings. The molecule has 0 saturated carbocycles. The molecule has 1 fully saturated rings. The SMILES string of the molecule is CCC(CC)N(CCOC)C1(CN)CCN(C)C(C)C1. The standard InChI is InChI=1S/C16H35N3O/c1-6-15(7-2)19(10-11-20-5)16(13-17)8-9-18(4)14(3)12-16/h14-15H,6-13,17H2,1-5H3.